The monoisotopic (exact) mass is 320 g/mol. The van der Waals surface area contributed by atoms with Crippen molar-refractivity contribution in [2.45, 2.75) is 0 Å². The van der Waals surface area contributed by atoms with Crippen LogP contribution in [0.1, 0.15) is 16.2 Å². The Labute approximate surface area is 139 Å². The average Bonchev–Trinajstić information content (AvgIpc) is 3.10. The van der Waals surface area contributed by atoms with E-state index in [1.165, 1.54) is 6.20 Å². The Morgan fingerprint density at radius 2 is 1.92 bits per heavy atom. The van der Waals surface area contributed by atoms with Crippen molar-refractivity contribution in [1.29, 1.82) is 0 Å². The third kappa shape index (κ3) is 3.19. The number of rotatable bonds is 5. The number of Topliss-reactive ketones (excluding diaryl/α,β-unsaturated/α-hetero) is 1. The molecule has 0 aliphatic heterocycles. The summed E-state index contributed by atoms with van der Waals surface area (Å²) in [5, 5.41) is 11.8. The summed E-state index contributed by atoms with van der Waals surface area (Å²) in [4.78, 5) is 18.7. The zero-order valence-corrected chi connectivity index (χ0v) is 13.4. The molecule has 2 heterocycles. The highest BCUT2D eigenvalue weighted by molar-refractivity contribution is 6.28. The average molecular weight is 320 g/mol. The molecule has 0 aliphatic carbocycles. The van der Waals surface area contributed by atoms with Crippen molar-refractivity contribution in [3.8, 4) is 5.69 Å². The van der Waals surface area contributed by atoms with E-state index in [0.29, 0.717) is 17.0 Å². The highest BCUT2D eigenvalue weighted by atomic mass is 16.1. The van der Waals surface area contributed by atoms with Gasteiger partial charge in [-0.1, -0.05) is 18.2 Å². The van der Waals surface area contributed by atoms with Crippen LogP contribution in [0.2, 0.25) is 0 Å². The van der Waals surface area contributed by atoms with Gasteiger partial charge in [-0.15, -0.1) is 5.10 Å². The van der Waals surface area contributed by atoms with E-state index in [-0.39, 0.29) is 5.78 Å². The number of ketones is 1. The topological polar surface area (TPSA) is 76.8 Å². The predicted molar refractivity (Wildman–Crippen MR) is 89.4 cm³/mol. The summed E-state index contributed by atoms with van der Waals surface area (Å²) in [7, 11) is 3.68. The fraction of sp³-hybridized carbons (Fsp3) is 0.118. The molecule has 0 fully saturated rings. The normalized spacial score (nSPS) is 11.3. The van der Waals surface area contributed by atoms with E-state index in [9.17, 15) is 4.79 Å². The predicted octanol–water partition coefficient (Wildman–Crippen LogP) is 1.84. The SMILES string of the molecule is CN(C)/C=C(/C(=O)c1cccnc1)c1nnnn1-c1ccccc1. The summed E-state index contributed by atoms with van der Waals surface area (Å²) in [5.74, 6) is 0.188. The number of pyridine rings is 1. The number of allylic oxidation sites excluding steroid dienone is 1. The molecule has 3 rings (SSSR count). The Morgan fingerprint density at radius 1 is 1.12 bits per heavy atom. The number of tetrazole rings is 1. The van der Waals surface area contributed by atoms with E-state index >= 15 is 0 Å². The minimum Gasteiger partial charge on any atom is -0.383 e. The molecule has 0 amide bonds. The Bertz CT molecular complexity index is 855. The van der Waals surface area contributed by atoms with E-state index in [0.717, 1.165) is 5.69 Å². The van der Waals surface area contributed by atoms with Crippen LogP contribution in [-0.2, 0) is 0 Å². The first kappa shape index (κ1) is 15.5. The zero-order chi connectivity index (χ0) is 16.9. The van der Waals surface area contributed by atoms with Gasteiger partial charge in [0.1, 0.15) is 0 Å². The van der Waals surface area contributed by atoms with Gasteiger partial charge in [0, 0.05) is 38.3 Å². The van der Waals surface area contributed by atoms with Crippen LogP contribution in [-0.4, -0.2) is 50.0 Å². The zero-order valence-electron chi connectivity index (χ0n) is 13.4. The summed E-state index contributed by atoms with van der Waals surface area (Å²) in [6.45, 7) is 0. The first-order valence-corrected chi connectivity index (χ1v) is 7.34. The van der Waals surface area contributed by atoms with Gasteiger partial charge in [-0.2, -0.15) is 4.68 Å². The minimum atomic E-state index is -0.191. The minimum absolute atomic E-state index is 0.191. The lowest BCUT2D eigenvalue weighted by molar-refractivity contribution is 0.105. The second-order valence-corrected chi connectivity index (χ2v) is 5.33. The first-order valence-electron chi connectivity index (χ1n) is 7.34. The van der Waals surface area contributed by atoms with Crippen LogP contribution in [0.15, 0.2) is 61.1 Å². The number of para-hydroxylation sites is 1. The summed E-state index contributed by atoms with van der Waals surface area (Å²) in [6.07, 6.45) is 4.86. The molecule has 1 aromatic carbocycles. The van der Waals surface area contributed by atoms with Gasteiger partial charge in [-0.25, -0.2) is 0 Å². The maximum absolute atomic E-state index is 12.9. The van der Waals surface area contributed by atoms with Crippen molar-refractivity contribution in [3.05, 3.63) is 72.4 Å². The van der Waals surface area contributed by atoms with Crippen LogP contribution in [0.4, 0.5) is 0 Å². The Kier molecular flexibility index (Phi) is 4.42. The molecule has 0 spiro atoms. The molecule has 0 unspecified atom stereocenters. The second kappa shape index (κ2) is 6.82. The molecule has 0 bridgehead atoms. The van der Waals surface area contributed by atoms with Crippen LogP contribution in [0.5, 0.6) is 0 Å². The van der Waals surface area contributed by atoms with Crippen molar-refractivity contribution in [1.82, 2.24) is 30.1 Å². The Morgan fingerprint density at radius 3 is 2.58 bits per heavy atom. The lowest BCUT2D eigenvalue weighted by Crippen LogP contribution is -2.13. The quantitative estimate of drug-likeness (QED) is 0.527. The van der Waals surface area contributed by atoms with Crippen molar-refractivity contribution >= 4 is 11.4 Å². The van der Waals surface area contributed by atoms with Crippen LogP contribution >= 0.6 is 0 Å². The highest BCUT2D eigenvalue weighted by Gasteiger charge is 2.22. The number of carbonyl (C=O) groups is 1. The molecule has 7 nitrogen and oxygen atoms in total. The lowest BCUT2D eigenvalue weighted by Gasteiger charge is -2.11. The smallest absolute Gasteiger partial charge is 0.199 e. The van der Waals surface area contributed by atoms with E-state index in [4.69, 9.17) is 0 Å². The van der Waals surface area contributed by atoms with Crippen LogP contribution in [0.25, 0.3) is 11.3 Å². The van der Waals surface area contributed by atoms with Gasteiger partial charge < -0.3 is 4.90 Å². The van der Waals surface area contributed by atoms with Crippen LogP contribution in [0, 0.1) is 0 Å². The third-order valence-electron chi connectivity index (χ3n) is 3.27. The van der Waals surface area contributed by atoms with Crippen molar-refractivity contribution < 1.29 is 4.79 Å². The number of aromatic nitrogens is 5. The van der Waals surface area contributed by atoms with E-state index < -0.39 is 0 Å². The summed E-state index contributed by atoms with van der Waals surface area (Å²) < 4.78 is 1.55. The Balaban J connectivity index is 2.10. The van der Waals surface area contributed by atoms with Gasteiger partial charge >= 0.3 is 0 Å². The van der Waals surface area contributed by atoms with Crippen molar-refractivity contribution in [2.75, 3.05) is 14.1 Å². The molecule has 7 heteroatoms. The number of hydrogen-bond acceptors (Lipinski definition) is 6. The Hall–Kier alpha value is -3.35. The van der Waals surface area contributed by atoms with Crippen LogP contribution in [0.3, 0.4) is 0 Å². The molecular formula is C17H16N6O. The van der Waals surface area contributed by atoms with E-state index in [2.05, 4.69) is 20.5 Å². The summed E-state index contributed by atoms with van der Waals surface area (Å²) >= 11 is 0. The molecule has 3 aromatic rings. The first-order chi connectivity index (χ1) is 11.7. The summed E-state index contributed by atoms with van der Waals surface area (Å²) in [6, 6.07) is 12.9. The third-order valence-corrected chi connectivity index (χ3v) is 3.27. The molecule has 0 radical (unpaired) electrons. The lowest BCUT2D eigenvalue weighted by atomic mass is 10.1. The second-order valence-electron chi connectivity index (χ2n) is 5.33. The van der Waals surface area contributed by atoms with Gasteiger partial charge in [-0.3, -0.25) is 9.78 Å². The van der Waals surface area contributed by atoms with Gasteiger partial charge in [0.15, 0.2) is 11.6 Å². The number of benzene rings is 1. The fourth-order valence-electron chi connectivity index (χ4n) is 2.23. The van der Waals surface area contributed by atoms with E-state index in [1.807, 2.05) is 44.4 Å². The standard InChI is InChI=1S/C17H16N6O/c1-22(2)12-15(16(24)13-7-6-10-18-11-13)17-19-20-21-23(17)14-8-4-3-5-9-14/h3-12H,1-2H3/b15-12-. The maximum Gasteiger partial charge on any atom is 0.199 e. The van der Waals surface area contributed by atoms with Gasteiger partial charge in [0.05, 0.1) is 11.3 Å². The van der Waals surface area contributed by atoms with Gasteiger partial charge in [0.2, 0.25) is 0 Å². The molecule has 120 valence electrons. The molecule has 0 saturated heterocycles. The molecular weight excluding hydrogens is 304 g/mol. The maximum atomic E-state index is 12.9. The van der Waals surface area contributed by atoms with Crippen molar-refractivity contribution in [3.63, 3.8) is 0 Å². The van der Waals surface area contributed by atoms with Crippen molar-refractivity contribution in [2.24, 2.45) is 0 Å². The fourth-order valence-corrected chi connectivity index (χ4v) is 2.23. The largest absolute Gasteiger partial charge is 0.383 e. The number of carbonyl (C=O) groups excluding carboxylic acids is 1. The number of hydrogen-bond donors (Lipinski definition) is 0. The molecule has 0 N–H and O–H groups in total. The number of nitrogens with zero attached hydrogens (tertiary/aromatic N) is 6. The summed E-state index contributed by atoms with van der Waals surface area (Å²) in [5.41, 5.74) is 1.65. The van der Waals surface area contributed by atoms with Crippen LogP contribution < -0.4 is 0 Å². The van der Waals surface area contributed by atoms with E-state index in [1.54, 1.807) is 34.1 Å². The molecule has 0 aliphatic rings. The molecule has 0 atom stereocenters. The molecule has 0 saturated carbocycles. The molecule has 2 aromatic heterocycles. The molecule has 24 heavy (non-hydrogen) atoms. The van der Waals surface area contributed by atoms with Gasteiger partial charge in [-0.05, 0) is 34.7 Å². The highest BCUT2D eigenvalue weighted by Crippen LogP contribution is 2.20. The van der Waals surface area contributed by atoms with Gasteiger partial charge in [0.25, 0.3) is 0 Å².